The lowest BCUT2D eigenvalue weighted by Crippen LogP contribution is -2.42. The quantitative estimate of drug-likeness (QED) is 0.778. The van der Waals surface area contributed by atoms with Gasteiger partial charge >= 0.3 is 0 Å². The Hall–Kier alpha value is -1.35. The summed E-state index contributed by atoms with van der Waals surface area (Å²) in [6.45, 7) is 1.99. The lowest BCUT2D eigenvalue weighted by molar-refractivity contribution is -0.123. The fourth-order valence-electron chi connectivity index (χ4n) is 2.42. The van der Waals surface area contributed by atoms with E-state index in [9.17, 15) is 4.79 Å². The molecule has 1 fully saturated rings. The number of carbonyl (C=O) groups excluding carboxylic acids is 1. The highest BCUT2D eigenvalue weighted by atomic mass is 16.2. The third-order valence-electron chi connectivity index (χ3n) is 3.45. The van der Waals surface area contributed by atoms with Crippen LogP contribution in [0.2, 0.25) is 0 Å². The summed E-state index contributed by atoms with van der Waals surface area (Å²) < 4.78 is 0. The first kappa shape index (κ1) is 12.1. The smallest absolute Gasteiger partial charge is 0.231 e. The molecule has 0 radical (unpaired) electrons. The van der Waals surface area contributed by atoms with Crippen molar-refractivity contribution < 1.29 is 4.79 Å². The standard InChI is InChI=1S/C14H20N2O/c1-15-10-6-7-12(11-15)14(17)16(2)13-8-4-3-5-9-13/h3-5,8-9,12H,6-7,10-11H2,1-2H3/t12-/m0/s1. The number of nitrogens with zero attached hydrogens (tertiary/aromatic N) is 2. The van der Waals surface area contributed by atoms with E-state index in [2.05, 4.69) is 11.9 Å². The molecule has 1 saturated heterocycles. The van der Waals surface area contributed by atoms with Gasteiger partial charge in [0.1, 0.15) is 0 Å². The van der Waals surface area contributed by atoms with Crippen LogP contribution in [-0.4, -0.2) is 38.0 Å². The van der Waals surface area contributed by atoms with E-state index in [4.69, 9.17) is 0 Å². The van der Waals surface area contributed by atoms with Crippen LogP contribution in [-0.2, 0) is 4.79 Å². The first-order valence-electron chi connectivity index (χ1n) is 6.19. The van der Waals surface area contributed by atoms with Gasteiger partial charge in [-0.1, -0.05) is 18.2 Å². The van der Waals surface area contributed by atoms with Crippen molar-refractivity contribution in [3.05, 3.63) is 30.3 Å². The first-order chi connectivity index (χ1) is 8.18. The summed E-state index contributed by atoms with van der Waals surface area (Å²) >= 11 is 0. The Bertz CT molecular complexity index is 377. The zero-order valence-electron chi connectivity index (χ0n) is 10.6. The van der Waals surface area contributed by atoms with Gasteiger partial charge in [0.05, 0.1) is 5.92 Å². The molecule has 0 aromatic heterocycles. The Labute approximate surface area is 103 Å². The van der Waals surface area contributed by atoms with Gasteiger partial charge < -0.3 is 9.80 Å². The van der Waals surface area contributed by atoms with Gasteiger partial charge in [-0.15, -0.1) is 0 Å². The summed E-state index contributed by atoms with van der Waals surface area (Å²) in [4.78, 5) is 16.4. The molecule has 0 spiro atoms. The van der Waals surface area contributed by atoms with Crippen molar-refractivity contribution in [1.82, 2.24) is 4.90 Å². The molecule has 1 amide bonds. The van der Waals surface area contributed by atoms with E-state index >= 15 is 0 Å². The van der Waals surface area contributed by atoms with Crippen molar-refractivity contribution in [2.75, 3.05) is 32.1 Å². The molecule has 0 saturated carbocycles. The highest BCUT2D eigenvalue weighted by Crippen LogP contribution is 2.20. The fraction of sp³-hybridized carbons (Fsp3) is 0.500. The van der Waals surface area contributed by atoms with Crippen molar-refractivity contribution in [1.29, 1.82) is 0 Å². The van der Waals surface area contributed by atoms with E-state index in [0.29, 0.717) is 0 Å². The normalized spacial score (nSPS) is 21.2. The number of hydrogen-bond donors (Lipinski definition) is 0. The molecule has 17 heavy (non-hydrogen) atoms. The third kappa shape index (κ3) is 2.86. The zero-order valence-corrected chi connectivity index (χ0v) is 10.6. The SMILES string of the molecule is CN1CCC[C@H](C(=O)N(C)c2ccccc2)C1. The lowest BCUT2D eigenvalue weighted by Gasteiger charge is -2.31. The molecule has 3 heteroatoms. The molecule has 1 heterocycles. The summed E-state index contributed by atoms with van der Waals surface area (Å²) in [6, 6.07) is 9.85. The molecule has 1 aromatic rings. The predicted octanol–water partition coefficient (Wildman–Crippen LogP) is 1.99. The number of carbonyl (C=O) groups is 1. The first-order valence-corrected chi connectivity index (χ1v) is 6.19. The summed E-state index contributed by atoms with van der Waals surface area (Å²) in [5.74, 6) is 0.390. The van der Waals surface area contributed by atoms with Crippen molar-refractivity contribution in [3.63, 3.8) is 0 Å². The van der Waals surface area contributed by atoms with Gasteiger partial charge in [0, 0.05) is 19.3 Å². The van der Waals surface area contributed by atoms with E-state index in [1.54, 1.807) is 4.90 Å². The van der Waals surface area contributed by atoms with Crippen LogP contribution in [0.4, 0.5) is 5.69 Å². The Morgan fingerprint density at radius 2 is 2.06 bits per heavy atom. The van der Waals surface area contributed by atoms with Gasteiger partial charge in [-0.2, -0.15) is 0 Å². The second-order valence-electron chi connectivity index (χ2n) is 4.83. The number of amides is 1. The Balaban J connectivity index is 2.04. The lowest BCUT2D eigenvalue weighted by atomic mass is 9.97. The van der Waals surface area contributed by atoms with Crippen LogP contribution in [0, 0.1) is 5.92 Å². The monoisotopic (exact) mass is 232 g/mol. The van der Waals surface area contributed by atoms with Crippen LogP contribution < -0.4 is 4.90 Å². The van der Waals surface area contributed by atoms with Crippen molar-refractivity contribution >= 4 is 11.6 Å². The van der Waals surface area contributed by atoms with Crippen LogP contribution in [0.15, 0.2) is 30.3 Å². The molecule has 0 unspecified atom stereocenters. The van der Waals surface area contributed by atoms with Gasteiger partial charge in [0.15, 0.2) is 0 Å². The van der Waals surface area contributed by atoms with Crippen LogP contribution in [0.1, 0.15) is 12.8 Å². The van der Waals surface area contributed by atoms with Gasteiger partial charge in [-0.25, -0.2) is 0 Å². The van der Waals surface area contributed by atoms with Crippen molar-refractivity contribution in [3.8, 4) is 0 Å². The molecular weight excluding hydrogens is 212 g/mol. The second kappa shape index (κ2) is 5.32. The van der Waals surface area contributed by atoms with Gasteiger partial charge in [0.2, 0.25) is 5.91 Å². The summed E-state index contributed by atoms with van der Waals surface area (Å²) in [7, 11) is 3.95. The molecular formula is C14H20N2O. The minimum Gasteiger partial charge on any atom is -0.315 e. The molecule has 1 aliphatic rings. The maximum absolute atomic E-state index is 12.3. The highest BCUT2D eigenvalue weighted by molar-refractivity contribution is 5.94. The van der Waals surface area contributed by atoms with Gasteiger partial charge in [-0.3, -0.25) is 4.79 Å². The number of piperidine rings is 1. The minimum absolute atomic E-state index is 0.152. The number of anilines is 1. The molecule has 1 aliphatic heterocycles. The molecule has 92 valence electrons. The largest absolute Gasteiger partial charge is 0.315 e. The molecule has 0 bridgehead atoms. The number of benzene rings is 1. The van der Waals surface area contributed by atoms with Crippen LogP contribution in [0.25, 0.3) is 0 Å². The maximum Gasteiger partial charge on any atom is 0.231 e. The third-order valence-corrected chi connectivity index (χ3v) is 3.45. The molecule has 3 nitrogen and oxygen atoms in total. The van der Waals surface area contributed by atoms with Crippen molar-refractivity contribution in [2.45, 2.75) is 12.8 Å². The van der Waals surface area contributed by atoms with Crippen molar-refractivity contribution in [2.24, 2.45) is 5.92 Å². The molecule has 0 N–H and O–H groups in total. The molecule has 1 atom stereocenters. The molecule has 2 rings (SSSR count). The zero-order chi connectivity index (χ0) is 12.3. The Morgan fingerprint density at radius 1 is 1.35 bits per heavy atom. The predicted molar refractivity (Wildman–Crippen MR) is 70.1 cm³/mol. The van der Waals surface area contributed by atoms with E-state index in [0.717, 1.165) is 31.6 Å². The average Bonchev–Trinajstić information content (AvgIpc) is 2.38. The van der Waals surface area contributed by atoms with E-state index in [1.165, 1.54) is 0 Å². The summed E-state index contributed by atoms with van der Waals surface area (Å²) in [5.41, 5.74) is 0.978. The van der Waals surface area contributed by atoms with E-state index in [-0.39, 0.29) is 11.8 Å². The number of para-hydroxylation sites is 1. The number of likely N-dealkylation sites (tertiary alicyclic amines) is 1. The average molecular weight is 232 g/mol. The highest BCUT2D eigenvalue weighted by Gasteiger charge is 2.26. The van der Waals surface area contributed by atoms with E-state index in [1.807, 2.05) is 37.4 Å². The molecule has 0 aliphatic carbocycles. The van der Waals surface area contributed by atoms with Crippen LogP contribution >= 0.6 is 0 Å². The summed E-state index contributed by atoms with van der Waals surface area (Å²) in [6.07, 6.45) is 2.13. The van der Waals surface area contributed by atoms with Gasteiger partial charge in [0.25, 0.3) is 0 Å². The number of rotatable bonds is 2. The van der Waals surface area contributed by atoms with Gasteiger partial charge in [-0.05, 0) is 38.6 Å². The minimum atomic E-state index is 0.152. The van der Waals surface area contributed by atoms with E-state index < -0.39 is 0 Å². The maximum atomic E-state index is 12.3. The van der Waals surface area contributed by atoms with Crippen LogP contribution in [0.3, 0.4) is 0 Å². The Morgan fingerprint density at radius 3 is 2.71 bits per heavy atom. The number of hydrogen-bond acceptors (Lipinski definition) is 2. The Kier molecular flexibility index (Phi) is 3.79. The van der Waals surface area contributed by atoms with Crippen LogP contribution in [0.5, 0.6) is 0 Å². The fourth-order valence-corrected chi connectivity index (χ4v) is 2.42. The second-order valence-corrected chi connectivity index (χ2v) is 4.83. The topological polar surface area (TPSA) is 23.6 Å². The summed E-state index contributed by atoms with van der Waals surface area (Å²) in [5, 5.41) is 0. The molecule has 1 aromatic carbocycles.